The molecule has 1 saturated heterocycles. The SMILES string of the molecule is C1CCNCC1.C=C.NC(=O)c1ccc2c(c1)N=C(c1ccccc1F)c1ccccc1S2. The molecule has 0 aromatic heterocycles. The molecule has 2 heterocycles. The molecular formula is C27H28FN3OS. The number of benzene rings is 3. The van der Waals surface area contributed by atoms with Gasteiger partial charge in [-0.05, 0) is 62.3 Å². The fourth-order valence-electron chi connectivity index (χ4n) is 3.56. The lowest BCUT2D eigenvalue weighted by Gasteiger charge is -2.09. The minimum Gasteiger partial charge on any atom is -0.366 e. The molecule has 2 aliphatic heterocycles. The number of rotatable bonds is 2. The highest BCUT2D eigenvalue weighted by molar-refractivity contribution is 7.99. The van der Waals surface area contributed by atoms with Crippen molar-refractivity contribution < 1.29 is 9.18 Å². The number of carbonyl (C=O) groups is 1. The first-order chi connectivity index (χ1) is 16.1. The van der Waals surface area contributed by atoms with E-state index in [1.807, 2.05) is 30.3 Å². The minimum absolute atomic E-state index is 0.337. The number of carbonyl (C=O) groups excluding carboxylic acids is 1. The second kappa shape index (κ2) is 12.1. The number of piperidine rings is 1. The fraction of sp³-hybridized carbons (Fsp3) is 0.185. The van der Waals surface area contributed by atoms with Crippen molar-refractivity contribution in [2.75, 3.05) is 13.1 Å². The van der Waals surface area contributed by atoms with Gasteiger partial charge < -0.3 is 11.1 Å². The molecule has 0 saturated carbocycles. The summed E-state index contributed by atoms with van der Waals surface area (Å²) in [6.07, 6.45) is 4.22. The molecule has 2 aliphatic rings. The number of nitrogens with two attached hydrogens (primary N) is 1. The van der Waals surface area contributed by atoms with E-state index >= 15 is 0 Å². The van der Waals surface area contributed by atoms with E-state index in [4.69, 9.17) is 10.7 Å². The Hall–Kier alpha value is -3.22. The highest BCUT2D eigenvalue weighted by Gasteiger charge is 2.21. The van der Waals surface area contributed by atoms with Crippen LogP contribution in [0.4, 0.5) is 10.1 Å². The summed E-state index contributed by atoms with van der Waals surface area (Å²) < 4.78 is 14.4. The minimum atomic E-state index is -0.516. The van der Waals surface area contributed by atoms with Gasteiger partial charge in [-0.15, -0.1) is 13.2 Å². The summed E-state index contributed by atoms with van der Waals surface area (Å²) in [6.45, 7) is 8.50. The first-order valence-corrected chi connectivity index (χ1v) is 11.7. The second-order valence-electron chi connectivity index (χ2n) is 7.40. The number of amides is 1. The van der Waals surface area contributed by atoms with Crippen LogP contribution in [-0.2, 0) is 0 Å². The average Bonchev–Trinajstić information content (AvgIpc) is 3.03. The summed E-state index contributed by atoms with van der Waals surface area (Å²) in [5, 5.41) is 3.28. The van der Waals surface area contributed by atoms with Gasteiger partial charge in [0, 0.05) is 26.5 Å². The predicted molar refractivity (Wildman–Crippen MR) is 135 cm³/mol. The highest BCUT2D eigenvalue weighted by atomic mass is 32.2. The van der Waals surface area contributed by atoms with Crippen LogP contribution in [0.15, 0.2) is 94.7 Å². The molecule has 6 heteroatoms. The van der Waals surface area contributed by atoms with Crippen LogP contribution in [0.25, 0.3) is 0 Å². The van der Waals surface area contributed by atoms with E-state index < -0.39 is 5.91 Å². The van der Waals surface area contributed by atoms with E-state index in [-0.39, 0.29) is 5.82 Å². The van der Waals surface area contributed by atoms with Crippen LogP contribution in [0.5, 0.6) is 0 Å². The topological polar surface area (TPSA) is 67.5 Å². The van der Waals surface area contributed by atoms with Crippen LogP contribution in [0.1, 0.15) is 40.7 Å². The molecule has 0 atom stereocenters. The Labute approximate surface area is 198 Å². The molecule has 3 N–H and O–H groups in total. The van der Waals surface area contributed by atoms with Gasteiger partial charge in [0.25, 0.3) is 0 Å². The van der Waals surface area contributed by atoms with Crippen molar-refractivity contribution in [3.05, 3.63) is 102 Å². The number of fused-ring (bicyclic) bond motifs is 2. The number of halogens is 1. The maximum atomic E-state index is 14.4. The predicted octanol–water partition coefficient (Wildman–Crippen LogP) is 6.12. The molecule has 1 fully saturated rings. The molecule has 0 unspecified atom stereocenters. The molecule has 33 heavy (non-hydrogen) atoms. The van der Waals surface area contributed by atoms with Crippen molar-refractivity contribution in [2.45, 2.75) is 29.1 Å². The van der Waals surface area contributed by atoms with Gasteiger partial charge in [0.2, 0.25) is 5.91 Å². The number of primary amides is 1. The van der Waals surface area contributed by atoms with E-state index in [1.165, 1.54) is 50.2 Å². The summed E-state index contributed by atoms with van der Waals surface area (Å²) in [5.74, 6) is -0.854. The maximum Gasteiger partial charge on any atom is 0.248 e. The third-order valence-electron chi connectivity index (χ3n) is 5.17. The molecule has 3 aromatic carbocycles. The number of hydrogen-bond donors (Lipinski definition) is 2. The van der Waals surface area contributed by atoms with Gasteiger partial charge in [0.1, 0.15) is 5.82 Å². The van der Waals surface area contributed by atoms with Gasteiger partial charge in [-0.1, -0.05) is 48.5 Å². The van der Waals surface area contributed by atoms with E-state index in [1.54, 1.807) is 30.3 Å². The van der Waals surface area contributed by atoms with Gasteiger partial charge in [-0.2, -0.15) is 0 Å². The Bertz CT molecular complexity index is 1130. The van der Waals surface area contributed by atoms with Crippen molar-refractivity contribution in [1.29, 1.82) is 0 Å². The third kappa shape index (κ3) is 6.18. The average molecular weight is 462 g/mol. The molecule has 3 aromatic rings. The van der Waals surface area contributed by atoms with Crippen molar-refractivity contribution in [3.63, 3.8) is 0 Å². The third-order valence-corrected chi connectivity index (χ3v) is 6.31. The molecule has 0 spiro atoms. The number of hydrogen-bond acceptors (Lipinski definition) is 4. The number of nitrogens with zero attached hydrogens (tertiary/aromatic N) is 1. The van der Waals surface area contributed by atoms with Crippen LogP contribution in [0.2, 0.25) is 0 Å². The molecule has 0 radical (unpaired) electrons. The quantitative estimate of drug-likeness (QED) is 0.353. The highest BCUT2D eigenvalue weighted by Crippen LogP contribution is 2.41. The van der Waals surface area contributed by atoms with Crippen LogP contribution in [-0.4, -0.2) is 24.7 Å². The van der Waals surface area contributed by atoms with E-state index in [0.717, 1.165) is 15.4 Å². The van der Waals surface area contributed by atoms with Crippen LogP contribution in [0, 0.1) is 5.82 Å². The first-order valence-electron chi connectivity index (χ1n) is 10.9. The van der Waals surface area contributed by atoms with Crippen LogP contribution in [0.3, 0.4) is 0 Å². The van der Waals surface area contributed by atoms with Gasteiger partial charge in [0.05, 0.1) is 11.4 Å². The molecule has 5 rings (SSSR count). The zero-order valence-corrected chi connectivity index (χ0v) is 19.3. The lowest BCUT2D eigenvalue weighted by atomic mass is 10.0. The van der Waals surface area contributed by atoms with E-state index in [2.05, 4.69) is 18.5 Å². The van der Waals surface area contributed by atoms with Gasteiger partial charge in [0.15, 0.2) is 0 Å². The lowest BCUT2D eigenvalue weighted by Crippen LogP contribution is -2.21. The summed E-state index contributed by atoms with van der Waals surface area (Å²) in [7, 11) is 0. The second-order valence-corrected chi connectivity index (χ2v) is 8.48. The standard InChI is InChI=1S/C20H13FN2OS.C5H11N.C2H4/c21-15-7-3-1-5-13(15)19-14-6-2-4-8-17(14)25-18-10-9-12(20(22)24)11-16(18)23-19;1-2-4-6-5-3-1;1-2/h1-11H,(H2,22,24);6H,1-5H2;1-2H2. The Kier molecular flexibility index (Phi) is 8.98. The monoisotopic (exact) mass is 461 g/mol. The smallest absolute Gasteiger partial charge is 0.248 e. The molecule has 170 valence electrons. The summed E-state index contributed by atoms with van der Waals surface area (Å²) in [4.78, 5) is 18.1. The summed E-state index contributed by atoms with van der Waals surface area (Å²) >= 11 is 1.54. The zero-order chi connectivity index (χ0) is 23.6. The summed E-state index contributed by atoms with van der Waals surface area (Å²) in [6, 6.07) is 19.5. The van der Waals surface area contributed by atoms with Gasteiger partial charge >= 0.3 is 0 Å². The Morgan fingerprint density at radius 1 is 0.909 bits per heavy atom. The van der Waals surface area contributed by atoms with Crippen molar-refractivity contribution >= 4 is 29.1 Å². The van der Waals surface area contributed by atoms with Crippen LogP contribution < -0.4 is 11.1 Å². The molecule has 1 amide bonds. The van der Waals surface area contributed by atoms with Crippen molar-refractivity contribution in [1.82, 2.24) is 5.32 Å². The number of aliphatic imine (C=N–C) groups is 1. The molecule has 0 bridgehead atoms. The van der Waals surface area contributed by atoms with Crippen molar-refractivity contribution in [3.8, 4) is 0 Å². The van der Waals surface area contributed by atoms with Gasteiger partial charge in [-0.25, -0.2) is 9.38 Å². The van der Waals surface area contributed by atoms with Crippen molar-refractivity contribution in [2.24, 2.45) is 10.7 Å². The molecule has 0 aliphatic carbocycles. The Morgan fingerprint density at radius 3 is 2.18 bits per heavy atom. The molecular weight excluding hydrogens is 433 g/mol. The zero-order valence-electron chi connectivity index (χ0n) is 18.5. The summed E-state index contributed by atoms with van der Waals surface area (Å²) in [5.41, 5.74) is 8.19. The van der Waals surface area contributed by atoms with Crippen LogP contribution >= 0.6 is 11.8 Å². The van der Waals surface area contributed by atoms with Gasteiger partial charge in [-0.3, -0.25) is 4.79 Å². The largest absolute Gasteiger partial charge is 0.366 e. The van der Waals surface area contributed by atoms with E-state index in [9.17, 15) is 9.18 Å². The number of nitrogens with one attached hydrogen (secondary N) is 1. The Balaban J connectivity index is 0.000000329. The normalized spacial score (nSPS) is 14.0. The maximum absolute atomic E-state index is 14.4. The molecule has 4 nitrogen and oxygen atoms in total. The lowest BCUT2D eigenvalue weighted by molar-refractivity contribution is 0.1000. The fourth-order valence-corrected chi connectivity index (χ4v) is 4.56. The van der Waals surface area contributed by atoms with E-state index in [0.29, 0.717) is 22.5 Å². The first kappa shape index (κ1) is 24.4. The Morgan fingerprint density at radius 2 is 1.58 bits per heavy atom.